The molecule has 2 aliphatic heterocycles. The van der Waals surface area contributed by atoms with Gasteiger partial charge in [0.2, 0.25) is 0 Å². The van der Waals surface area contributed by atoms with E-state index in [4.69, 9.17) is 9.84 Å². The van der Waals surface area contributed by atoms with E-state index in [1.807, 2.05) is 4.90 Å². The van der Waals surface area contributed by atoms with E-state index in [1.165, 1.54) is 0 Å². The molecule has 5 nitrogen and oxygen atoms in total. The quantitative estimate of drug-likeness (QED) is 0.759. The molecule has 0 spiro atoms. The van der Waals surface area contributed by atoms with Crippen LogP contribution < -0.4 is 0 Å². The number of nitrogens with zero attached hydrogens (tertiary/aromatic N) is 2. The van der Waals surface area contributed by atoms with Crippen molar-refractivity contribution < 1.29 is 19.0 Å². The minimum atomic E-state index is -1.06. The number of ether oxygens (including phenoxy) is 1. The van der Waals surface area contributed by atoms with Crippen molar-refractivity contribution in [1.29, 1.82) is 0 Å². The van der Waals surface area contributed by atoms with Crippen molar-refractivity contribution in [2.75, 3.05) is 26.2 Å². The van der Waals surface area contributed by atoms with E-state index < -0.39 is 18.5 Å². The zero-order valence-corrected chi connectivity index (χ0v) is 13.8. The van der Waals surface area contributed by atoms with Gasteiger partial charge in [-0.1, -0.05) is 0 Å². The first-order chi connectivity index (χ1) is 11.1. The van der Waals surface area contributed by atoms with E-state index in [9.17, 15) is 4.79 Å². The van der Waals surface area contributed by atoms with Crippen LogP contribution in [0.4, 0.5) is 4.39 Å². The van der Waals surface area contributed by atoms with Crippen LogP contribution in [0, 0.1) is 5.92 Å². The van der Waals surface area contributed by atoms with Gasteiger partial charge in [0.15, 0.2) is 12.5 Å². The Kier molecular flexibility index (Phi) is 5.88. The maximum absolute atomic E-state index is 15.0. The fraction of sp³-hybridized carbons (Fsp3) is 0.941. The predicted octanol–water partition coefficient (Wildman–Crippen LogP) is 2.46. The summed E-state index contributed by atoms with van der Waals surface area (Å²) in [5.74, 6) is -0.959. The van der Waals surface area contributed by atoms with Crippen LogP contribution in [0.25, 0.3) is 0 Å². The van der Waals surface area contributed by atoms with Gasteiger partial charge < -0.3 is 9.84 Å². The van der Waals surface area contributed by atoms with Crippen LogP contribution in [0.1, 0.15) is 51.4 Å². The summed E-state index contributed by atoms with van der Waals surface area (Å²) in [5, 5.41) is 9.10. The summed E-state index contributed by atoms with van der Waals surface area (Å²) < 4.78 is 21.2. The lowest BCUT2D eigenvalue weighted by atomic mass is 9.87. The van der Waals surface area contributed by atoms with Crippen molar-refractivity contribution in [3.05, 3.63) is 0 Å². The van der Waals surface area contributed by atoms with Gasteiger partial charge >= 0.3 is 5.97 Å². The number of hydrogen-bond acceptors (Lipinski definition) is 4. The third-order valence-electron chi connectivity index (χ3n) is 5.58. The fourth-order valence-corrected chi connectivity index (χ4v) is 4.13. The number of alkyl halides is 1. The maximum Gasteiger partial charge on any atom is 0.306 e. The molecule has 0 amide bonds. The SMILES string of the molecule is O=C(O)C1CCC(OC([C@@H](F)N2CCCC2)N2CCCC2)CC1. The molecule has 1 saturated carbocycles. The first kappa shape index (κ1) is 17.1. The van der Waals surface area contributed by atoms with Gasteiger partial charge in [-0.3, -0.25) is 14.6 Å². The molecular weight excluding hydrogens is 299 g/mol. The molecule has 0 aromatic rings. The molecule has 3 fully saturated rings. The molecule has 132 valence electrons. The molecule has 0 radical (unpaired) electrons. The molecule has 2 heterocycles. The number of carboxylic acid groups (broad SMARTS) is 1. The number of halogens is 1. The van der Waals surface area contributed by atoms with Crippen LogP contribution in [0.15, 0.2) is 0 Å². The zero-order valence-electron chi connectivity index (χ0n) is 13.8. The predicted molar refractivity (Wildman–Crippen MR) is 84.8 cm³/mol. The second-order valence-electron chi connectivity index (χ2n) is 7.20. The molecule has 0 aromatic carbocycles. The Bertz CT molecular complexity index is 389. The number of carbonyl (C=O) groups is 1. The van der Waals surface area contributed by atoms with Crippen molar-refractivity contribution >= 4 is 5.97 Å². The largest absolute Gasteiger partial charge is 0.481 e. The Morgan fingerprint density at radius 2 is 1.48 bits per heavy atom. The lowest BCUT2D eigenvalue weighted by Crippen LogP contribution is -2.51. The van der Waals surface area contributed by atoms with E-state index >= 15 is 4.39 Å². The van der Waals surface area contributed by atoms with E-state index in [0.717, 1.165) is 64.7 Å². The highest BCUT2D eigenvalue weighted by molar-refractivity contribution is 5.70. The molecule has 1 N–H and O–H groups in total. The zero-order chi connectivity index (χ0) is 16.2. The monoisotopic (exact) mass is 328 g/mol. The van der Waals surface area contributed by atoms with E-state index in [-0.39, 0.29) is 12.0 Å². The Hall–Kier alpha value is -0.720. The molecular formula is C17H29FN2O3. The second-order valence-corrected chi connectivity index (χ2v) is 7.20. The second kappa shape index (κ2) is 7.90. The highest BCUT2D eigenvalue weighted by Gasteiger charge is 2.38. The molecule has 2 atom stereocenters. The first-order valence-electron chi connectivity index (χ1n) is 9.15. The summed E-state index contributed by atoms with van der Waals surface area (Å²) in [6.07, 6.45) is 5.56. The number of aliphatic carboxylic acids is 1. The van der Waals surface area contributed by atoms with Crippen LogP contribution in [0.2, 0.25) is 0 Å². The van der Waals surface area contributed by atoms with Gasteiger partial charge in [-0.25, -0.2) is 4.39 Å². The van der Waals surface area contributed by atoms with Crippen molar-refractivity contribution in [3.8, 4) is 0 Å². The van der Waals surface area contributed by atoms with Crippen LogP contribution in [-0.4, -0.2) is 65.7 Å². The molecule has 23 heavy (non-hydrogen) atoms. The lowest BCUT2D eigenvalue weighted by Gasteiger charge is -2.38. The summed E-state index contributed by atoms with van der Waals surface area (Å²) in [6.45, 7) is 3.45. The van der Waals surface area contributed by atoms with Crippen molar-refractivity contribution in [2.45, 2.75) is 70.0 Å². The average Bonchev–Trinajstić information content (AvgIpc) is 3.25. The molecule has 0 bridgehead atoms. The summed E-state index contributed by atoms with van der Waals surface area (Å²) >= 11 is 0. The van der Waals surface area contributed by atoms with Crippen molar-refractivity contribution in [3.63, 3.8) is 0 Å². The topological polar surface area (TPSA) is 53.0 Å². The third kappa shape index (κ3) is 4.22. The highest BCUT2D eigenvalue weighted by atomic mass is 19.1. The summed E-state index contributed by atoms with van der Waals surface area (Å²) in [7, 11) is 0. The molecule has 3 rings (SSSR count). The first-order valence-corrected chi connectivity index (χ1v) is 9.15. The standard InChI is InChI=1S/C17H29FN2O3/c18-15(19-9-1-2-10-19)16(20-11-3-4-12-20)23-14-7-5-13(6-8-14)17(21)22/h13-16H,1-12H2,(H,21,22)/t13?,14?,15-,16?/m0/s1. The number of rotatable bonds is 6. The van der Waals surface area contributed by atoms with Gasteiger partial charge in [-0.05, 0) is 51.4 Å². The summed E-state index contributed by atoms with van der Waals surface area (Å²) in [4.78, 5) is 15.1. The minimum absolute atomic E-state index is 0.00273. The van der Waals surface area contributed by atoms with Crippen LogP contribution >= 0.6 is 0 Å². The Labute approximate surface area is 137 Å². The van der Waals surface area contributed by atoms with Gasteiger partial charge in [0.25, 0.3) is 0 Å². The lowest BCUT2D eigenvalue weighted by molar-refractivity contribution is -0.171. The summed E-state index contributed by atoms with van der Waals surface area (Å²) in [6, 6.07) is 0. The smallest absolute Gasteiger partial charge is 0.306 e. The molecule has 0 aromatic heterocycles. The Balaban J connectivity index is 1.58. The van der Waals surface area contributed by atoms with Gasteiger partial charge in [0.1, 0.15) is 0 Å². The van der Waals surface area contributed by atoms with Gasteiger partial charge in [-0.15, -0.1) is 0 Å². The van der Waals surface area contributed by atoms with E-state index in [0.29, 0.717) is 12.8 Å². The highest BCUT2D eigenvalue weighted by Crippen LogP contribution is 2.30. The Morgan fingerprint density at radius 1 is 0.957 bits per heavy atom. The Morgan fingerprint density at radius 3 is 2.00 bits per heavy atom. The van der Waals surface area contributed by atoms with Gasteiger partial charge in [-0.2, -0.15) is 0 Å². The van der Waals surface area contributed by atoms with E-state index in [1.54, 1.807) is 0 Å². The third-order valence-corrected chi connectivity index (χ3v) is 5.58. The van der Waals surface area contributed by atoms with E-state index in [2.05, 4.69) is 4.90 Å². The molecule has 2 saturated heterocycles. The molecule has 1 aliphatic carbocycles. The number of carboxylic acids is 1. The van der Waals surface area contributed by atoms with Crippen molar-refractivity contribution in [2.24, 2.45) is 5.92 Å². The van der Waals surface area contributed by atoms with Crippen LogP contribution in [0.3, 0.4) is 0 Å². The molecule has 3 aliphatic rings. The molecule has 1 unspecified atom stereocenters. The minimum Gasteiger partial charge on any atom is -0.481 e. The molecule has 6 heteroatoms. The number of likely N-dealkylation sites (tertiary alicyclic amines) is 2. The van der Waals surface area contributed by atoms with Crippen LogP contribution in [-0.2, 0) is 9.53 Å². The van der Waals surface area contributed by atoms with Crippen molar-refractivity contribution in [1.82, 2.24) is 9.80 Å². The fourth-order valence-electron chi connectivity index (χ4n) is 4.13. The van der Waals surface area contributed by atoms with Gasteiger partial charge in [0.05, 0.1) is 12.0 Å². The van der Waals surface area contributed by atoms with Gasteiger partial charge in [0, 0.05) is 26.2 Å². The normalized spacial score (nSPS) is 32.9. The average molecular weight is 328 g/mol. The number of hydrogen-bond donors (Lipinski definition) is 1. The maximum atomic E-state index is 15.0. The summed E-state index contributed by atoms with van der Waals surface area (Å²) in [5.41, 5.74) is 0. The van der Waals surface area contributed by atoms with Crippen LogP contribution in [0.5, 0.6) is 0 Å².